The van der Waals surface area contributed by atoms with Gasteiger partial charge < -0.3 is 23.7 Å². The maximum Gasteiger partial charge on any atom is 0.290 e. The quantitative estimate of drug-likeness (QED) is 0.598. The van der Waals surface area contributed by atoms with Crippen molar-refractivity contribution in [2.75, 3.05) is 19.8 Å². The molecular weight excluding hydrogens is 420 g/mol. The number of amides is 2. The number of fused-ring (bicyclic) bond motifs is 2. The number of carbonyl (C=O) groups excluding carboxylic acids is 2. The minimum absolute atomic E-state index is 0.0961. The van der Waals surface area contributed by atoms with Crippen LogP contribution in [0.15, 0.2) is 65.3 Å². The first kappa shape index (κ1) is 21.1. The molecule has 1 atom stereocenters. The maximum atomic E-state index is 13.8. The molecule has 2 aliphatic rings. The number of para-hydroxylation sites is 1. The Hall–Kier alpha value is -3.74. The molecule has 0 spiro atoms. The fourth-order valence-corrected chi connectivity index (χ4v) is 4.52. The molecule has 7 nitrogen and oxygen atoms in total. The molecule has 1 aromatic heterocycles. The lowest BCUT2D eigenvalue weighted by Gasteiger charge is -2.38. The number of rotatable bonds is 5. The van der Waals surface area contributed by atoms with Gasteiger partial charge in [-0.15, -0.1) is 0 Å². The predicted octanol–water partition coefficient (Wildman–Crippen LogP) is 3.67. The largest absolute Gasteiger partial charge is 0.486 e. The number of ether oxygens (including phenoxy) is 2. The summed E-state index contributed by atoms with van der Waals surface area (Å²) in [5, 5.41) is 0. The van der Waals surface area contributed by atoms with Crippen LogP contribution < -0.4 is 9.47 Å². The smallest absolute Gasteiger partial charge is 0.290 e. The second-order valence-corrected chi connectivity index (χ2v) is 8.19. The molecule has 170 valence electrons. The monoisotopic (exact) mass is 446 g/mol. The summed E-state index contributed by atoms with van der Waals surface area (Å²) in [6.07, 6.45) is 1.94. The molecule has 3 aromatic rings. The van der Waals surface area contributed by atoms with Crippen LogP contribution in [0, 0.1) is 0 Å². The van der Waals surface area contributed by atoms with Crippen LogP contribution in [0.5, 0.6) is 11.5 Å². The molecule has 0 fully saturated rings. The lowest BCUT2D eigenvalue weighted by Crippen LogP contribution is -2.53. The molecule has 2 aromatic carbocycles. The van der Waals surface area contributed by atoms with Crippen LogP contribution in [0.4, 0.5) is 0 Å². The Morgan fingerprint density at radius 2 is 1.82 bits per heavy atom. The molecule has 0 saturated heterocycles. The molecule has 0 aliphatic carbocycles. The lowest BCUT2D eigenvalue weighted by atomic mass is 9.92. The first-order valence-electron chi connectivity index (χ1n) is 11.2. The molecule has 2 aliphatic heterocycles. The van der Waals surface area contributed by atoms with Gasteiger partial charge in [0.05, 0.1) is 6.26 Å². The average Bonchev–Trinajstić information content (AvgIpc) is 3.41. The highest BCUT2D eigenvalue weighted by Gasteiger charge is 2.38. The van der Waals surface area contributed by atoms with E-state index in [1.54, 1.807) is 21.9 Å². The summed E-state index contributed by atoms with van der Waals surface area (Å²) in [7, 11) is 0. The molecule has 0 radical (unpaired) electrons. The zero-order valence-corrected chi connectivity index (χ0v) is 18.5. The summed E-state index contributed by atoms with van der Waals surface area (Å²) in [6, 6.07) is 16.4. The van der Waals surface area contributed by atoms with Crippen LogP contribution in [0.1, 0.15) is 34.2 Å². The second kappa shape index (κ2) is 9.02. The van der Waals surface area contributed by atoms with E-state index in [2.05, 4.69) is 0 Å². The molecule has 3 heterocycles. The Balaban J connectivity index is 1.44. The van der Waals surface area contributed by atoms with E-state index in [1.807, 2.05) is 49.4 Å². The Morgan fingerprint density at radius 3 is 2.61 bits per heavy atom. The molecule has 0 N–H and O–H groups in total. The highest BCUT2D eigenvalue weighted by Crippen LogP contribution is 2.35. The predicted molar refractivity (Wildman–Crippen MR) is 121 cm³/mol. The SMILES string of the molecule is CCN(Cc1cccc2c1OCCO2)C(=O)C1Cc2ccccc2CN1C(=O)c1ccco1. The van der Waals surface area contributed by atoms with Gasteiger partial charge in [-0.25, -0.2) is 0 Å². The lowest BCUT2D eigenvalue weighted by molar-refractivity contribution is -0.137. The maximum absolute atomic E-state index is 13.8. The van der Waals surface area contributed by atoms with Gasteiger partial charge in [-0.1, -0.05) is 36.4 Å². The molecule has 33 heavy (non-hydrogen) atoms. The van der Waals surface area contributed by atoms with Crippen molar-refractivity contribution in [1.82, 2.24) is 9.80 Å². The van der Waals surface area contributed by atoms with Crippen molar-refractivity contribution >= 4 is 11.8 Å². The van der Waals surface area contributed by atoms with Crippen molar-refractivity contribution in [2.45, 2.75) is 32.5 Å². The molecule has 1 unspecified atom stereocenters. The fourth-order valence-electron chi connectivity index (χ4n) is 4.52. The van der Waals surface area contributed by atoms with E-state index in [0.717, 1.165) is 16.7 Å². The van der Waals surface area contributed by atoms with Crippen LogP contribution in [-0.4, -0.2) is 47.4 Å². The number of carbonyl (C=O) groups is 2. The number of furan rings is 1. The van der Waals surface area contributed by atoms with Crippen molar-refractivity contribution in [3.05, 3.63) is 83.3 Å². The van der Waals surface area contributed by atoms with Gasteiger partial charge in [-0.3, -0.25) is 9.59 Å². The van der Waals surface area contributed by atoms with Crippen LogP contribution in [0.2, 0.25) is 0 Å². The minimum atomic E-state index is -0.617. The first-order valence-corrected chi connectivity index (χ1v) is 11.2. The summed E-state index contributed by atoms with van der Waals surface area (Å²) in [5.41, 5.74) is 3.03. The van der Waals surface area contributed by atoms with Gasteiger partial charge in [0.25, 0.3) is 5.91 Å². The van der Waals surface area contributed by atoms with Gasteiger partial charge in [0.15, 0.2) is 17.3 Å². The standard InChI is InChI=1S/C26H26N2O5/c1-2-27(16-20-9-5-10-22-24(20)33-14-13-32-22)25(29)21-15-18-7-3-4-8-19(18)17-28(21)26(30)23-11-6-12-31-23/h3-12,21H,2,13-17H2,1H3. The van der Waals surface area contributed by atoms with Crippen LogP contribution in [0.3, 0.4) is 0 Å². The van der Waals surface area contributed by atoms with E-state index in [9.17, 15) is 9.59 Å². The van der Waals surface area contributed by atoms with E-state index >= 15 is 0 Å². The van der Waals surface area contributed by atoms with Gasteiger partial charge in [0.2, 0.25) is 5.91 Å². The van der Waals surface area contributed by atoms with Crippen molar-refractivity contribution in [2.24, 2.45) is 0 Å². The molecule has 7 heteroatoms. The Labute approximate surface area is 192 Å². The molecule has 0 saturated carbocycles. The third-order valence-electron chi connectivity index (χ3n) is 6.23. The van der Waals surface area contributed by atoms with Gasteiger partial charge in [-0.05, 0) is 36.2 Å². The Morgan fingerprint density at radius 1 is 1.00 bits per heavy atom. The van der Waals surface area contributed by atoms with Crippen molar-refractivity contribution in [3.63, 3.8) is 0 Å². The first-order chi connectivity index (χ1) is 16.2. The van der Waals surface area contributed by atoms with Crippen molar-refractivity contribution in [3.8, 4) is 11.5 Å². The van der Waals surface area contributed by atoms with Crippen LogP contribution >= 0.6 is 0 Å². The van der Waals surface area contributed by atoms with E-state index in [0.29, 0.717) is 50.8 Å². The number of likely N-dealkylation sites (N-methyl/N-ethyl adjacent to an activating group) is 1. The molecule has 0 bridgehead atoms. The van der Waals surface area contributed by atoms with Gasteiger partial charge in [0.1, 0.15) is 19.3 Å². The van der Waals surface area contributed by atoms with Crippen LogP contribution in [-0.2, 0) is 24.3 Å². The minimum Gasteiger partial charge on any atom is -0.486 e. The summed E-state index contributed by atoms with van der Waals surface area (Å²) in [6.45, 7) is 4.18. The highest BCUT2D eigenvalue weighted by atomic mass is 16.6. The zero-order chi connectivity index (χ0) is 22.8. The Kier molecular flexibility index (Phi) is 5.77. The Bertz CT molecular complexity index is 1160. The zero-order valence-electron chi connectivity index (χ0n) is 18.5. The topological polar surface area (TPSA) is 72.2 Å². The van der Waals surface area contributed by atoms with Crippen molar-refractivity contribution < 1.29 is 23.5 Å². The molecule has 5 rings (SSSR count). The number of hydrogen-bond donors (Lipinski definition) is 0. The average molecular weight is 447 g/mol. The number of benzene rings is 2. The third-order valence-corrected chi connectivity index (χ3v) is 6.23. The van der Waals surface area contributed by atoms with E-state index in [4.69, 9.17) is 13.9 Å². The normalized spacial score (nSPS) is 16.8. The summed E-state index contributed by atoms with van der Waals surface area (Å²) >= 11 is 0. The van der Waals surface area contributed by atoms with Gasteiger partial charge in [0, 0.05) is 31.6 Å². The molecule has 2 amide bonds. The summed E-state index contributed by atoms with van der Waals surface area (Å²) in [4.78, 5) is 30.5. The summed E-state index contributed by atoms with van der Waals surface area (Å²) < 4.78 is 16.9. The van der Waals surface area contributed by atoms with E-state index in [1.165, 1.54) is 6.26 Å². The fraction of sp³-hybridized carbons (Fsp3) is 0.308. The van der Waals surface area contributed by atoms with E-state index < -0.39 is 6.04 Å². The van der Waals surface area contributed by atoms with E-state index in [-0.39, 0.29) is 17.6 Å². The van der Waals surface area contributed by atoms with Crippen molar-refractivity contribution in [1.29, 1.82) is 0 Å². The van der Waals surface area contributed by atoms with Gasteiger partial charge >= 0.3 is 0 Å². The molecular formula is C26H26N2O5. The third kappa shape index (κ3) is 4.06. The summed E-state index contributed by atoms with van der Waals surface area (Å²) in [5.74, 6) is 1.24. The number of hydrogen-bond acceptors (Lipinski definition) is 5. The van der Waals surface area contributed by atoms with Gasteiger partial charge in [-0.2, -0.15) is 0 Å². The second-order valence-electron chi connectivity index (χ2n) is 8.19. The van der Waals surface area contributed by atoms with Crippen LogP contribution in [0.25, 0.3) is 0 Å². The number of nitrogens with zero attached hydrogens (tertiary/aromatic N) is 2. The highest BCUT2D eigenvalue weighted by molar-refractivity contribution is 5.96.